The van der Waals surface area contributed by atoms with Gasteiger partial charge >= 0.3 is 0 Å². The second-order valence-corrected chi connectivity index (χ2v) is 5.27. The maximum Gasteiger partial charge on any atom is 0.0836 e. The molecule has 0 amide bonds. The lowest BCUT2D eigenvalue weighted by atomic mass is 9.88. The van der Waals surface area contributed by atoms with Gasteiger partial charge in [-0.15, -0.1) is 0 Å². The third kappa shape index (κ3) is 3.28. The summed E-state index contributed by atoms with van der Waals surface area (Å²) in [6, 6.07) is 0. The van der Waals surface area contributed by atoms with Crippen LogP contribution >= 0.6 is 0 Å². The van der Waals surface area contributed by atoms with E-state index >= 15 is 0 Å². The van der Waals surface area contributed by atoms with Crippen LogP contribution in [0.5, 0.6) is 0 Å². The molecule has 1 aliphatic heterocycles. The zero-order valence-corrected chi connectivity index (χ0v) is 9.21. The van der Waals surface area contributed by atoms with Crippen molar-refractivity contribution in [3.05, 3.63) is 0 Å². The van der Waals surface area contributed by atoms with Gasteiger partial charge in [-0.2, -0.15) is 0 Å². The van der Waals surface area contributed by atoms with Crippen molar-refractivity contribution in [1.82, 2.24) is 0 Å². The first-order valence-electron chi connectivity index (χ1n) is 5.26. The highest BCUT2D eigenvalue weighted by Gasteiger charge is 2.34. The first-order chi connectivity index (χ1) is 5.92. The summed E-state index contributed by atoms with van der Waals surface area (Å²) in [5.74, 6) is 0. The van der Waals surface area contributed by atoms with E-state index in [1.54, 1.807) is 0 Å². The van der Waals surface area contributed by atoms with E-state index in [2.05, 4.69) is 27.7 Å². The van der Waals surface area contributed by atoms with Crippen molar-refractivity contribution in [2.75, 3.05) is 0 Å². The molecule has 1 N–H and O–H groups in total. The van der Waals surface area contributed by atoms with Crippen molar-refractivity contribution < 1.29 is 9.84 Å². The van der Waals surface area contributed by atoms with Crippen LogP contribution in [0.1, 0.15) is 47.0 Å². The van der Waals surface area contributed by atoms with Gasteiger partial charge in [-0.1, -0.05) is 27.7 Å². The molecule has 3 unspecified atom stereocenters. The van der Waals surface area contributed by atoms with Gasteiger partial charge in [-0.05, 0) is 18.3 Å². The second-order valence-electron chi connectivity index (χ2n) is 5.27. The quantitative estimate of drug-likeness (QED) is 0.717. The molecule has 13 heavy (non-hydrogen) atoms. The van der Waals surface area contributed by atoms with Gasteiger partial charge in [0, 0.05) is 6.42 Å². The highest BCUT2D eigenvalue weighted by atomic mass is 16.5. The Labute approximate surface area is 81.3 Å². The fraction of sp³-hybridized carbons (Fsp3) is 1.00. The summed E-state index contributed by atoms with van der Waals surface area (Å²) in [7, 11) is 0. The van der Waals surface area contributed by atoms with Crippen LogP contribution in [0.4, 0.5) is 0 Å². The Morgan fingerprint density at radius 1 is 1.38 bits per heavy atom. The zero-order chi connectivity index (χ0) is 10.1. The summed E-state index contributed by atoms with van der Waals surface area (Å²) in [5.41, 5.74) is 0.299. The van der Waals surface area contributed by atoms with Crippen molar-refractivity contribution >= 4 is 0 Å². The third-order valence-electron chi connectivity index (χ3n) is 2.54. The van der Waals surface area contributed by atoms with Crippen LogP contribution in [0.3, 0.4) is 0 Å². The first-order valence-corrected chi connectivity index (χ1v) is 5.26. The van der Waals surface area contributed by atoms with Crippen LogP contribution in [0.2, 0.25) is 0 Å². The van der Waals surface area contributed by atoms with Crippen molar-refractivity contribution in [1.29, 1.82) is 0 Å². The minimum Gasteiger partial charge on any atom is -0.390 e. The van der Waals surface area contributed by atoms with Gasteiger partial charge in [0.2, 0.25) is 0 Å². The van der Waals surface area contributed by atoms with Gasteiger partial charge in [0.15, 0.2) is 0 Å². The number of aliphatic hydroxyl groups is 1. The Kier molecular flexibility index (Phi) is 3.36. The number of hydrogen-bond donors (Lipinski definition) is 1. The van der Waals surface area contributed by atoms with Crippen molar-refractivity contribution in [3.63, 3.8) is 0 Å². The third-order valence-corrected chi connectivity index (χ3v) is 2.54. The standard InChI is InChI=1S/C11H22O2/c1-5-10-9(12)6-8(13-10)7-11(2,3)4/h8-10,12H,5-7H2,1-4H3. The molecule has 3 atom stereocenters. The topological polar surface area (TPSA) is 29.5 Å². The molecule has 1 saturated heterocycles. The average Bonchev–Trinajstić information content (AvgIpc) is 2.26. The summed E-state index contributed by atoms with van der Waals surface area (Å²) in [4.78, 5) is 0. The number of aliphatic hydroxyl groups excluding tert-OH is 1. The van der Waals surface area contributed by atoms with Crippen molar-refractivity contribution in [2.45, 2.75) is 65.3 Å². The average molecular weight is 186 g/mol. The van der Waals surface area contributed by atoms with Gasteiger partial charge in [-0.25, -0.2) is 0 Å². The number of rotatable bonds is 2. The van der Waals surface area contributed by atoms with Gasteiger partial charge in [-0.3, -0.25) is 0 Å². The van der Waals surface area contributed by atoms with Gasteiger partial charge in [0.1, 0.15) is 0 Å². The molecular formula is C11H22O2. The van der Waals surface area contributed by atoms with E-state index in [1.165, 1.54) is 0 Å². The van der Waals surface area contributed by atoms with E-state index in [-0.39, 0.29) is 18.3 Å². The Morgan fingerprint density at radius 2 is 2.00 bits per heavy atom. The van der Waals surface area contributed by atoms with Crippen molar-refractivity contribution in [2.24, 2.45) is 5.41 Å². The SMILES string of the molecule is CCC1OC(CC(C)(C)C)CC1O. The summed E-state index contributed by atoms with van der Waals surface area (Å²) in [6.07, 6.45) is 2.88. The van der Waals surface area contributed by atoms with E-state index in [1.807, 2.05) is 0 Å². The van der Waals surface area contributed by atoms with Crippen LogP contribution in [0.15, 0.2) is 0 Å². The highest BCUT2D eigenvalue weighted by Crippen LogP contribution is 2.31. The summed E-state index contributed by atoms with van der Waals surface area (Å²) >= 11 is 0. The number of ether oxygens (including phenoxy) is 1. The monoisotopic (exact) mass is 186 g/mol. The molecular weight excluding hydrogens is 164 g/mol. The molecule has 0 aromatic carbocycles. The van der Waals surface area contributed by atoms with E-state index in [9.17, 15) is 5.11 Å². The molecule has 2 heteroatoms. The molecule has 0 radical (unpaired) electrons. The molecule has 0 aromatic heterocycles. The predicted octanol–water partition coefficient (Wildman–Crippen LogP) is 2.35. The molecule has 1 aliphatic rings. The van der Waals surface area contributed by atoms with Gasteiger partial charge < -0.3 is 9.84 Å². The fourth-order valence-corrected chi connectivity index (χ4v) is 2.00. The van der Waals surface area contributed by atoms with E-state index < -0.39 is 0 Å². The normalized spacial score (nSPS) is 35.3. The summed E-state index contributed by atoms with van der Waals surface area (Å²) in [5, 5.41) is 9.63. The molecule has 1 heterocycles. The lowest BCUT2D eigenvalue weighted by molar-refractivity contribution is -0.00430. The lowest BCUT2D eigenvalue weighted by Gasteiger charge is -2.22. The highest BCUT2D eigenvalue weighted by molar-refractivity contribution is 4.83. The Morgan fingerprint density at radius 3 is 2.38 bits per heavy atom. The van der Waals surface area contributed by atoms with Gasteiger partial charge in [0.25, 0.3) is 0 Å². The minimum atomic E-state index is -0.239. The zero-order valence-electron chi connectivity index (χ0n) is 9.21. The molecule has 0 bridgehead atoms. The van der Waals surface area contributed by atoms with Crippen LogP contribution in [0.25, 0.3) is 0 Å². The maximum absolute atomic E-state index is 9.63. The first kappa shape index (κ1) is 11.0. The largest absolute Gasteiger partial charge is 0.390 e. The Hall–Kier alpha value is -0.0800. The molecule has 78 valence electrons. The van der Waals surface area contributed by atoms with E-state index in [4.69, 9.17) is 4.74 Å². The molecule has 0 aromatic rings. The Bertz CT molecular complexity index is 160. The lowest BCUT2D eigenvalue weighted by Crippen LogP contribution is -2.19. The van der Waals surface area contributed by atoms with Gasteiger partial charge in [0.05, 0.1) is 18.3 Å². The predicted molar refractivity (Wildman–Crippen MR) is 53.6 cm³/mol. The smallest absolute Gasteiger partial charge is 0.0836 e. The van der Waals surface area contributed by atoms with Crippen LogP contribution in [-0.2, 0) is 4.74 Å². The van der Waals surface area contributed by atoms with E-state index in [0.29, 0.717) is 5.41 Å². The molecule has 1 fully saturated rings. The summed E-state index contributed by atoms with van der Waals surface area (Å²) < 4.78 is 5.75. The summed E-state index contributed by atoms with van der Waals surface area (Å²) in [6.45, 7) is 8.69. The Balaban J connectivity index is 2.40. The number of hydrogen-bond acceptors (Lipinski definition) is 2. The molecule has 0 saturated carbocycles. The molecule has 0 aliphatic carbocycles. The van der Waals surface area contributed by atoms with E-state index in [0.717, 1.165) is 19.3 Å². The van der Waals surface area contributed by atoms with Crippen molar-refractivity contribution in [3.8, 4) is 0 Å². The molecule has 2 nitrogen and oxygen atoms in total. The van der Waals surface area contributed by atoms with Crippen LogP contribution in [0, 0.1) is 5.41 Å². The fourth-order valence-electron chi connectivity index (χ4n) is 2.00. The minimum absolute atomic E-state index is 0.0762. The second kappa shape index (κ2) is 3.97. The van der Waals surface area contributed by atoms with Crippen LogP contribution < -0.4 is 0 Å². The van der Waals surface area contributed by atoms with Crippen LogP contribution in [-0.4, -0.2) is 23.4 Å². The maximum atomic E-state index is 9.63. The molecule has 1 rings (SSSR count). The molecule has 0 spiro atoms.